The van der Waals surface area contributed by atoms with Crippen LogP contribution in [0.25, 0.3) is 15.2 Å². The second-order valence-electron chi connectivity index (χ2n) is 6.84. The van der Waals surface area contributed by atoms with E-state index in [0.29, 0.717) is 5.75 Å². The number of fused-ring (bicyclic) bond motifs is 4. The molecule has 0 saturated carbocycles. The molecule has 0 spiro atoms. The van der Waals surface area contributed by atoms with Crippen molar-refractivity contribution in [2.75, 3.05) is 0 Å². The van der Waals surface area contributed by atoms with E-state index < -0.39 is 0 Å². The summed E-state index contributed by atoms with van der Waals surface area (Å²) in [4.78, 5) is 29.8. The number of aryl methyl sites for hydroxylation is 4. The molecule has 0 unspecified atom stereocenters. The number of nitrogens with zero attached hydrogens (tertiary/aromatic N) is 4. The summed E-state index contributed by atoms with van der Waals surface area (Å²) in [5.41, 5.74) is 3.18. The standard InChI is InChI=1S/C19H18N4OS3/c1-10-8-26-19-22-12(7-15(24)23(10)19)9-25-17-16-13-5-3-4-6-14(13)27-18(16)21-11(2)20-17/h7-8H,3-6,9H2,1-2H3. The predicted octanol–water partition coefficient (Wildman–Crippen LogP) is 4.55. The summed E-state index contributed by atoms with van der Waals surface area (Å²) in [6, 6.07) is 1.65. The number of rotatable bonds is 3. The quantitative estimate of drug-likeness (QED) is 0.364. The summed E-state index contributed by atoms with van der Waals surface area (Å²) < 4.78 is 1.67. The molecule has 4 aromatic rings. The number of hydrogen-bond acceptors (Lipinski definition) is 7. The summed E-state index contributed by atoms with van der Waals surface area (Å²) in [6.07, 6.45) is 4.79. The number of thiazole rings is 1. The first-order chi connectivity index (χ1) is 13.1. The van der Waals surface area contributed by atoms with Crippen LogP contribution in [0.5, 0.6) is 0 Å². The van der Waals surface area contributed by atoms with Gasteiger partial charge in [0.25, 0.3) is 5.56 Å². The van der Waals surface area contributed by atoms with Crippen LogP contribution in [0.15, 0.2) is 21.3 Å². The maximum atomic E-state index is 12.4. The van der Waals surface area contributed by atoms with Crippen molar-refractivity contribution in [1.82, 2.24) is 19.4 Å². The monoisotopic (exact) mass is 414 g/mol. The van der Waals surface area contributed by atoms with Crippen molar-refractivity contribution in [2.45, 2.75) is 50.3 Å². The van der Waals surface area contributed by atoms with Crippen molar-refractivity contribution in [3.8, 4) is 0 Å². The molecule has 27 heavy (non-hydrogen) atoms. The van der Waals surface area contributed by atoms with Gasteiger partial charge < -0.3 is 0 Å². The Morgan fingerprint density at radius 2 is 2.04 bits per heavy atom. The third-order valence-electron chi connectivity index (χ3n) is 4.88. The molecule has 0 amide bonds. The fourth-order valence-electron chi connectivity index (χ4n) is 3.65. The molecule has 0 fully saturated rings. The van der Waals surface area contributed by atoms with Gasteiger partial charge in [0, 0.05) is 33.2 Å². The van der Waals surface area contributed by atoms with E-state index in [0.717, 1.165) is 44.9 Å². The number of thioether (sulfide) groups is 1. The zero-order chi connectivity index (χ0) is 18.5. The van der Waals surface area contributed by atoms with Crippen molar-refractivity contribution in [2.24, 2.45) is 0 Å². The zero-order valence-corrected chi connectivity index (χ0v) is 17.6. The minimum atomic E-state index is -0.00808. The lowest BCUT2D eigenvalue weighted by molar-refractivity contribution is 0.699. The fraction of sp³-hybridized carbons (Fsp3) is 0.368. The van der Waals surface area contributed by atoms with E-state index in [9.17, 15) is 4.79 Å². The van der Waals surface area contributed by atoms with E-state index in [1.165, 1.54) is 40.0 Å². The molecule has 4 aromatic heterocycles. The highest BCUT2D eigenvalue weighted by atomic mass is 32.2. The first-order valence-corrected chi connectivity index (χ1v) is 11.7. The Labute approximate surface area is 168 Å². The van der Waals surface area contributed by atoms with Crippen molar-refractivity contribution in [3.05, 3.63) is 49.5 Å². The topological polar surface area (TPSA) is 60.2 Å². The van der Waals surface area contributed by atoms with Gasteiger partial charge in [0.05, 0.1) is 5.69 Å². The molecule has 8 heteroatoms. The molecule has 0 bridgehead atoms. The molecule has 138 valence electrons. The lowest BCUT2D eigenvalue weighted by Crippen LogP contribution is -2.14. The molecular weight excluding hydrogens is 396 g/mol. The molecule has 0 aliphatic heterocycles. The molecule has 1 aliphatic rings. The molecule has 4 heterocycles. The Morgan fingerprint density at radius 1 is 1.19 bits per heavy atom. The van der Waals surface area contributed by atoms with E-state index in [-0.39, 0.29) is 5.56 Å². The molecular formula is C19H18N4OS3. The Morgan fingerprint density at radius 3 is 2.93 bits per heavy atom. The highest BCUT2D eigenvalue weighted by Crippen LogP contribution is 2.40. The second kappa shape index (κ2) is 6.68. The van der Waals surface area contributed by atoms with E-state index in [2.05, 4.69) is 9.97 Å². The number of hydrogen-bond donors (Lipinski definition) is 0. The van der Waals surface area contributed by atoms with Crippen LogP contribution in [0.1, 0.15) is 40.5 Å². The maximum absolute atomic E-state index is 12.4. The Balaban J connectivity index is 1.53. The van der Waals surface area contributed by atoms with E-state index in [1.54, 1.807) is 22.2 Å². The van der Waals surface area contributed by atoms with Gasteiger partial charge in [-0.1, -0.05) is 11.8 Å². The van der Waals surface area contributed by atoms with Crippen LogP contribution in [0.4, 0.5) is 0 Å². The Bertz CT molecular complexity index is 1240. The fourth-order valence-corrected chi connectivity index (χ4v) is 6.90. The molecule has 0 radical (unpaired) electrons. The maximum Gasteiger partial charge on any atom is 0.258 e. The molecule has 5 nitrogen and oxygen atoms in total. The zero-order valence-electron chi connectivity index (χ0n) is 15.1. The highest BCUT2D eigenvalue weighted by molar-refractivity contribution is 7.98. The summed E-state index contributed by atoms with van der Waals surface area (Å²) in [7, 11) is 0. The van der Waals surface area contributed by atoms with Crippen molar-refractivity contribution in [3.63, 3.8) is 0 Å². The Kier molecular flexibility index (Phi) is 4.29. The van der Waals surface area contributed by atoms with Gasteiger partial charge in [0.1, 0.15) is 15.7 Å². The van der Waals surface area contributed by atoms with Crippen LogP contribution >= 0.6 is 34.4 Å². The molecule has 5 rings (SSSR count). The second-order valence-corrected chi connectivity index (χ2v) is 9.72. The van der Waals surface area contributed by atoms with Crippen molar-refractivity contribution >= 4 is 49.6 Å². The van der Waals surface area contributed by atoms with Crippen LogP contribution in [0.3, 0.4) is 0 Å². The average molecular weight is 415 g/mol. The third kappa shape index (κ3) is 2.99. The smallest absolute Gasteiger partial charge is 0.258 e. The van der Waals surface area contributed by atoms with Gasteiger partial charge in [-0.2, -0.15) is 0 Å². The highest BCUT2D eigenvalue weighted by Gasteiger charge is 2.21. The van der Waals surface area contributed by atoms with E-state index >= 15 is 0 Å². The van der Waals surface area contributed by atoms with Crippen molar-refractivity contribution < 1.29 is 0 Å². The summed E-state index contributed by atoms with van der Waals surface area (Å²) in [5, 5.41) is 4.23. The normalized spacial score (nSPS) is 14.1. The van der Waals surface area contributed by atoms with E-state index in [1.807, 2.05) is 30.6 Å². The number of thiophene rings is 1. The van der Waals surface area contributed by atoms with Crippen molar-refractivity contribution in [1.29, 1.82) is 0 Å². The Hall–Kier alpha value is -1.77. The largest absolute Gasteiger partial charge is 0.269 e. The van der Waals surface area contributed by atoms with E-state index in [4.69, 9.17) is 4.98 Å². The molecule has 0 N–H and O–H groups in total. The minimum Gasteiger partial charge on any atom is -0.269 e. The molecule has 0 saturated heterocycles. The van der Waals surface area contributed by atoms with Crippen LogP contribution in [-0.4, -0.2) is 19.4 Å². The summed E-state index contributed by atoms with van der Waals surface area (Å²) >= 11 is 5.00. The van der Waals surface area contributed by atoms with Gasteiger partial charge in [-0.25, -0.2) is 15.0 Å². The first-order valence-electron chi connectivity index (χ1n) is 8.98. The predicted molar refractivity (Wildman–Crippen MR) is 112 cm³/mol. The molecule has 0 atom stereocenters. The van der Waals surface area contributed by atoms with Crippen LogP contribution in [0.2, 0.25) is 0 Å². The van der Waals surface area contributed by atoms with Gasteiger partial charge in [-0.3, -0.25) is 9.20 Å². The average Bonchev–Trinajstić information content (AvgIpc) is 3.20. The minimum absolute atomic E-state index is 0.00808. The first kappa shape index (κ1) is 17.3. The van der Waals surface area contributed by atoms with Crippen LogP contribution in [-0.2, 0) is 18.6 Å². The van der Waals surface area contributed by atoms with Gasteiger partial charge in [0.15, 0.2) is 4.96 Å². The van der Waals surface area contributed by atoms with Gasteiger partial charge in [-0.15, -0.1) is 22.7 Å². The summed E-state index contributed by atoms with van der Waals surface area (Å²) in [6.45, 7) is 3.88. The third-order valence-corrected chi connectivity index (χ3v) is 8.02. The molecule has 1 aliphatic carbocycles. The van der Waals surface area contributed by atoms with Gasteiger partial charge in [-0.05, 0) is 45.1 Å². The molecule has 0 aromatic carbocycles. The van der Waals surface area contributed by atoms with Crippen LogP contribution < -0.4 is 5.56 Å². The van der Waals surface area contributed by atoms with Gasteiger partial charge >= 0.3 is 0 Å². The van der Waals surface area contributed by atoms with Gasteiger partial charge in [0.2, 0.25) is 0 Å². The number of aromatic nitrogens is 4. The SMILES string of the molecule is Cc1nc(SCc2cc(=O)n3c(C)csc3n2)c2c3c(sc2n1)CCCC3. The lowest BCUT2D eigenvalue weighted by atomic mass is 9.97. The van der Waals surface area contributed by atoms with Crippen LogP contribution in [0, 0.1) is 13.8 Å². The summed E-state index contributed by atoms with van der Waals surface area (Å²) in [5.74, 6) is 1.44. The lowest BCUT2D eigenvalue weighted by Gasteiger charge is -2.11.